The average Bonchev–Trinajstić information content (AvgIpc) is 2.67. The van der Waals surface area contributed by atoms with Crippen LogP contribution in [0.2, 0.25) is 0 Å². The van der Waals surface area contributed by atoms with Gasteiger partial charge in [-0.25, -0.2) is 0 Å². The van der Waals surface area contributed by atoms with Crippen molar-refractivity contribution in [3.8, 4) is 0 Å². The third-order valence-corrected chi connectivity index (χ3v) is 2.62. The molecule has 1 aromatic heterocycles. The lowest BCUT2D eigenvalue weighted by Gasteiger charge is -2.22. The van der Waals surface area contributed by atoms with Crippen LogP contribution in [-0.2, 0) is 11.3 Å². The van der Waals surface area contributed by atoms with E-state index >= 15 is 0 Å². The van der Waals surface area contributed by atoms with Crippen LogP contribution in [0.5, 0.6) is 0 Å². The van der Waals surface area contributed by atoms with E-state index in [1.807, 2.05) is 5.38 Å². The maximum atomic E-state index is 9.90. The molecule has 0 bridgehead atoms. The summed E-state index contributed by atoms with van der Waals surface area (Å²) in [5.41, 5.74) is 0.168. The van der Waals surface area contributed by atoms with Crippen molar-refractivity contribution >= 4 is 11.5 Å². The van der Waals surface area contributed by atoms with Gasteiger partial charge in [-0.15, -0.1) is 5.10 Å². The van der Waals surface area contributed by atoms with Gasteiger partial charge in [-0.1, -0.05) is 4.49 Å². The second-order valence-corrected chi connectivity index (χ2v) is 4.35. The van der Waals surface area contributed by atoms with Gasteiger partial charge < -0.3 is 15.2 Å². The standard InChI is InChI=1S/C9H17N3O2S/c1-9(13,3-4-14-2)7-10-5-8-6-15-12-11-8/h6,10,13H,3-5,7H2,1-2H3. The molecule has 0 radical (unpaired) electrons. The highest BCUT2D eigenvalue weighted by Gasteiger charge is 2.19. The van der Waals surface area contributed by atoms with Crippen molar-refractivity contribution in [2.45, 2.75) is 25.5 Å². The summed E-state index contributed by atoms with van der Waals surface area (Å²) in [6, 6.07) is 0. The fourth-order valence-corrected chi connectivity index (χ4v) is 1.58. The lowest BCUT2D eigenvalue weighted by Crippen LogP contribution is -2.38. The average molecular weight is 231 g/mol. The normalized spacial score (nSPS) is 15.1. The van der Waals surface area contributed by atoms with Gasteiger partial charge in [0.1, 0.15) is 0 Å². The lowest BCUT2D eigenvalue weighted by atomic mass is 10.0. The Hall–Kier alpha value is -0.560. The maximum absolute atomic E-state index is 9.90. The monoisotopic (exact) mass is 231 g/mol. The van der Waals surface area contributed by atoms with Gasteiger partial charge in [0.05, 0.1) is 11.3 Å². The quantitative estimate of drug-likeness (QED) is 0.711. The van der Waals surface area contributed by atoms with Crippen molar-refractivity contribution in [3.63, 3.8) is 0 Å². The molecule has 1 heterocycles. The summed E-state index contributed by atoms with van der Waals surface area (Å²) in [7, 11) is 1.63. The summed E-state index contributed by atoms with van der Waals surface area (Å²) in [5.74, 6) is 0. The highest BCUT2D eigenvalue weighted by atomic mass is 32.1. The van der Waals surface area contributed by atoms with Crippen LogP contribution in [-0.4, -0.2) is 40.6 Å². The van der Waals surface area contributed by atoms with Gasteiger partial charge in [-0.2, -0.15) is 0 Å². The number of aromatic nitrogens is 2. The Morgan fingerprint density at radius 1 is 1.67 bits per heavy atom. The smallest absolute Gasteiger partial charge is 0.0893 e. The van der Waals surface area contributed by atoms with Gasteiger partial charge in [0, 0.05) is 38.6 Å². The van der Waals surface area contributed by atoms with Crippen LogP contribution in [0.4, 0.5) is 0 Å². The summed E-state index contributed by atoms with van der Waals surface area (Å²) in [6.45, 7) is 3.51. The van der Waals surface area contributed by atoms with E-state index < -0.39 is 5.60 Å². The van der Waals surface area contributed by atoms with Crippen LogP contribution in [0.15, 0.2) is 5.38 Å². The molecule has 1 rings (SSSR count). The van der Waals surface area contributed by atoms with Gasteiger partial charge in [0.2, 0.25) is 0 Å². The number of methoxy groups -OCH3 is 1. The molecule has 0 aromatic carbocycles. The topological polar surface area (TPSA) is 67.3 Å². The summed E-state index contributed by atoms with van der Waals surface area (Å²) in [5, 5.41) is 18.8. The Morgan fingerprint density at radius 3 is 3.07 bits per heavy atom. The van der Waals surface area contributed by atoms with E-state index in [4.69, 9.17) is 4.74 Å². The highest BCUT2D eigenvalue weighted by molar-refractivity contribution is 7.03. The van der Waals surface area contributed by atoms with Gasteiger partial charge >= 0.3 is 0 Å². The molecule has 2 N–H and O–H groups in total. The van der Waals surface area contributed by atoms with E-state index in [-0.39, 0.29) is 0 Å². The molecule has 0 aliphatic heterocycles. The van der Waals surface area contributed by atoms with E-state index in [0.29, 0.717) is 26.1 Å². The van der Waals surface area contributed by atoms with Crippen molar-refractivity contribution < 1.29 is 9.84 Å². The lowest BCUT2D eigenvalue weighted by molar-refractivity contribution is 0.0247. The first kappa shape index (κ1) is 12.5. The minimum Gasteiger partial charge on any atom is -0.389 e. The molecule has 6 heteroatoms. The van der Waals surface area contributed by atoms with Crippen molar-refractivity contribution in [1.82, 2.24) is 14.9 Å². The fraction of sp³-hybridized carbons (Fsp3) is 0.778. The van der Waals surface area contributed by atoms with Crippen molar-refractivity contribution in [1.29, 1.82) is 0 Å². The Kier molecular flexibility index (Phi) is 5.10. The van der Waals surface area contributed by atoms with Gasteiger partial charge in [-0.05, 0) is 18.5 Å². The van der Waals surface area contributed by atoms with Crippen molar-refractivity contribution in [3.05, 3.63) is 11.1 Å². The minimum absolute atomic E-state index is 0.522. The van der Waals surface area contributed by atoms with Crippen LogP contribution >= 0.6 is 11.5 Å². The molecule has 0 spiro atoms. The van der Waals surface area contributed by atoms with Crippen molar-refractivity contribution in [2.24, 2.45) is 0 Å². The predicted octanol–water partition coefficient (Wildman–Crippen LogP) is 0.415. The molecule has 0 saturated carbocycles. The molecule has 5 nitrogen and oxygen atoms in total. The first-order valence-corrected chi connectivity index (χ1v) is 5.66. The number of nitrogens with one attached hydrogen (secondary N) is 1. The molecular formula is C9H17N3O2S. The highest BCUT2D eigenvalue weighted by Crippen LogP contribution is 2.07. The Morgan fingerprint density at radius 2 is 2.47 bits per heavy atom. The van der Waals surface area contributed by atoms with E-state index in [1.165, 1.54) is 11.5 Å². The zero-order chi connectivity index (χ0) is 11.1. The van der Waals surface area contributed by atoms with E-state index in [2.05, 4.69) is 14.9 Å². The van der Waals surface area contributed by atoms with Crippen LogP contribution in [0.1, 0.15) is 19.0 Å². The van der Waals surface area contributed by atoms with Gasteiger partial charge in [-0.3, -0.25) is 0 Å². The molecule has 15 heavy (non-hydrogen) atoms. The SMILES string of the molecule is COCCC(C)(O)CNCc1csnn1. The molecule has 0 saturated heterocycles. The maximum Gasteiger partial charge on any atom is 0.0893 e. The molecule has 86 valence electrons. The molecule has 0 aliphatic rings. The zero-order valence-corrected chi connectivity index (χ0v) is 9.88. The largest absolute Gasteiger partial charge is 0.389 e. The molecule has 1 atom stereocenters. The zero-order valence-electron chi connectivity index (χ0n) is 9.06. The first-order chi connectivity index (χ1) is 7.14. The number of ether oxygens (including phenoxy) is 1. The summed E-state index contributed by atoms with van der Waals surface area (Å²) in [4.78, 5) is 0. The number of nitrogens with zero attached hydrogens (tertiary/aromatic N) is 2. The third kappa shape index (κ3) is 5.17. The number of rotatable bonds is 7. The van der Waals surface area contributed by atoms with E-state index in [1.54, 1.807) is 14.0 Å². The number of hydrogen-bond acceptors (Lipinski definition) is 6. The van der Waals surface area contributed by atoms with Crippen LogP contribution in [0, 0.1) is 0 Å². The molecule has 1 aromatic rings. The molecular weight excluding hydrogens is 214 g/mol. The third-order valence-electron chi connectivity index (χ3n) is 2.06. The van der Waals surface area contributed by atoms with E-state index in [0.717, 1.165) is 5.69 Å². The first-order valence-electron chi connectivity index (χ1n) is 4.82. The molecule has 1 unspecified atom stereocenters. The Balaban J connectivity index is 2.18. The Bertz CT molecular complexity index is 264. The molecule has 0 aliphatic carbocycles. The summed E-state index contributed by atoms with van der Waals surface area (Å²) >= 11 is 1.33. The van der Waals surface area contributed by atoms with E-state index in [9.17, 15) is 5.11 Å². The Labute approximate surface area is 93.6 Å². The van der Waals surface area contributed by atoms with Crippen LogP contribution < -0.4 is 5.32 Å². The van der Waals surface area contributed by atoms with Gasteiger partial charge in [0.15, 0.2) is 0 Å². The summed E-state index contributed by atoms with van der Waals surface area (Å²) in [6.07, 6.45) is 0.617. The second-order valence-electron chi connectivity index (χ2n) is 3.74. The van der Waals surface area contributed by atoms with Gasteiger partial charge in [0.25, 0.3) is 0 Å². The molecule has 0 fully saturated rings. The number of aliphatic hydroxyl groups is 1. The fourth-order valence-electron chi connectivity index (χ4n) is 1.13. The predicted molar refractivity (Wildman–Crippen MR) is 58.7 cm³/mol. The van der Waals surface area contributed by atoms with Crippen LogP contribution in [0.3, 0.4) is 0 Å². The van der Waals surface area contributed by atoms with Crippen LogP contribution in [0.25, 0.3) is 0 Å². The summed E-state index contributed by atoms with van der Waals surface area (Å²) < 4.78 is 8.68. The van der Waals surface area contributed by atoms with Crippen molar-refractivity contribution in [2.75, 3.05) is 20.3 Å². The second kappa shape index (κ2) is 6.12. The minimum atomic E-state index is -0.737. The molecule has 0 amide bonds. The number of hydrogen-bond donors (Lipinski definition) is 2.